The number of amides is 2. The standard InChI is InChI=1S/C27H30N6O4/c1-31-16-28-25-21(31)12-18(13-23(25)36-3)27(35)33-11-10-20(19(15-33)17-8-6-5-7-9-17)29-26(34)22-14-24(37-4)30-32(22)2/h5-9,12-14,16,19-20H,10-11,15H2,1-4H3,(H,29,34)/t19-,20-/m1/s1. The molecule has 1 N–H and O–H groups in total. The maximum atomic E-state index is 13.7. The fraction of sp³-hybridized carbons (Fsp3) is 0.333. The van der Waals surface area contributed by atoms with Gasteiger partial charge in [0.25, 0.3) is 11.8 Å². The van der Waals surface area contributed by atoms with E-state index in [-0.39, 0.29) is 23.8 Å². The second kappa shape index (κ2) is 9.96. The molecule has 192 valence electrons. The van der Waals surface area contributed by atoms with Gasteiger partial charge in [-0.1, -0.05) is 30.3 Å². The van der Waals surface area contributed by atoms with E-state index in [2.05, 4.69) is 15.4 Å². The van der Waals surface area contributed by atoms with Crippen LogP contribution < -0.4 is 14.8 Å². The topological polar surface area (TPSA) is 104 Å². The predicted octanol–water partition coefficient (Wildman–Crippen LogP) is 2.75. The SMILES string of the molecule is COc1cc(C(=O)N[C@@H]2CCN(C(=O)c3cc(OC)c4ncn(C)c4c3)C[C@@H]2c2ccccc2)n(C)n1. The van der Waals surface area contributed by atoms with Crippen molar-refractivity contribution in [1.29, 1.82) is 0 Å². The largest absolute Gasteiger partial charge is 0.494 e. The molecular formula is C27H30N6O4. The van der Waals surface area contributed by atoms with Crippen molar-refractivity contribution in [2.24, 2.45) is 14.1 Å². The Hall–Kier alpha value is -4.34. The highest BCUT2D eigenvalue weighted by Crippen LogP contribution is 2.31. The van der Waals surface area contributed by atoms with Crippen molar-refractivity contribution in [2.75, 3.05) is 27.3 Å². The summed E-state index contributed by atoms with van der Waals surface area (Å²) in [5.41, 5.74) is 3.57. The summed E-state index contributed by atoms with van der Waals surface area (Å²) in [5, 5.41) is 7.37. The smallest absolute Gasteiger partial charge is 0.269 e. The van der Waals surface area contributed by atoms with E-state index in [9.17, 15) is 9.59 Å². The first-order chi connectivity index (χ1) is 17.9. The van der Waals surface area contributed by atoms with Crippen molar-refractivity contribution in [3.63, 3.8) is 0 Å². The molecule has 5 rings (SSSR count). The number of hydrogen-bond donors (Lipinski definition) is 1. The molecule has 0 aliphatic carbocycles. The number of likely N-dealkylation sites (tertiary alicyclic amines) is 1. The number of hydrogen-bond acceptors (Lipinski definition) is 6. The van der Waals surface area contributed by atoms with E-state index in [1.165, 1.54) is 11.8 Å². The van der Waals surface area contributed by atoms with Crippen molar-refractivity contribution < 1.29 is 19.1 Å². The van der Waals surface area contributed by atoms with Crippen molar-refractivity contribution in [3.05, 3.63) is 71.7 Å². The Kier molecular flexibility index (Phi) is 6.56. The van der Waals surface area contributed by atoms with Crippen molar-refractivity contribution in [1.82, 2.24) is 29.5 Å². The molecule has 1 aliphatic rings. The Bertz CT molecular complexity index is 1440. The minimum atomic E-state index is -0.226. The van der Waals surface area contributed by atoms with Gasteiger partial charge in [-0.3, -0.25) is 14.3 Å². The number of carbonyl (C=O) groups is 2. The van der Waals surface area contributed by atoms with Crippen LogP contribution in [0.4, 0.5) is 0 Å². The minimum absolute atomic E-state index is 0.0801. The highest BCUT2D eigenvalue weighted by atomic mass is 16.5. The van der Waals surface area contributed by atoms with Crippen molar-refractivity contribution in [3.8, 4) is 11.6 Å². The molecule has 2 aromatic carbocycles. The normalized spacial score (nSPS) is 17.6. The molecule has 3 heterocycles. The number of piperidine rings is 1. The summed E-state index contributed by atoms with van der Waals surface area (Å²) in [5.74, 6) is 0.558. The number of benzene rings is 2. The van der Waals surface area contributed by atoms with Gasteiger partial charge in [0.05, 0.1) is 26.1 Å². The van der Waals surface area contributed by atoms with Gasteiger partial charge < -0.3 is 24.3 Å². The van der Waals surface area contributed by atoms with Gasteiger partial charge in [-0.15, -0.1) is 5.10 Å². The highest BCUT2D eigenvalue weighted by molar-refractivity contribution is 5.99. The number of rotatable bonds is 6. The molecule has 0 spiro atoms. The Morgan fingerprint density at radius 2 is 1.84 bits per heavy atom. The molecule has 37 heavy (non-hydrogen) atoms. The van der Waals surface area contributed by atoms with Gasteiger partial charge in [-0.05, 0) is 24.1 Å². The maximum absolute atomic E-state index is 13.7. The third kappa shape index (κ3) is 4.62. The lowest BCUT2D eigenvalue weighted by atomic mass is 9.85. The van der Waals surface area contributed by atoms with E-state index >= 15 is 0 Å². The van der Waals surface area contributed by atoms with E-state index < -0.39 is 0 Å². The molecular weight excluding hydrogens is 472 g/mol. The lowest BCUT2D eigenvalue weighted by molar-refractivity contribution is 0.0670. The zero-order valence-electron chi connectivity index (χ0n) is 21.3. The molecule has 0 bridgehead atoms. The first-order valence-corrected chi connectivity index (χ1v) is 12.1. The predicted molar refractivity (Wildman–Crippen MR) is 138 cm³/mol. The van der Waals surface area contributed by atoms with E-state index in [1.807, 2.05) is 52.9 Å². The van der Waals surface area contributed by atoms with Gasteiger partial charge >= 0.3 is 0 Å². The Balaban J connectivity index is 1.41. The van der Waals surface area contributed by atoms with E-state index in [0.717, 1.165) is 16.6 Å². The summed E-state index contributed by atoms with van der Waals surface area (Å²) >= 11 is 0. The van der Waals surface area contributed by atoms with E-state index in [4.69, 9.17) is 9.47 Å². The summed E-state index contributed by atoms with van der Waals surface area (Å²) in [6.45, 7) is 0.974. The number of aromatic nitrogens is 4. The number of aryl methyl sites for hydroxylation is 2. The number of nitrogens with one attached hydrogen (secondary N) is 1. The van der Waals surface area contributed by atoms with Crippen LogP contribution >= 0.6 is 0 Å². The molecule has 10 heteroatoms. The minimum Gasteiger partial charge on any atom is -0.494 e. The van der Waals surface area contributed by atoms with Crippen molar-refractivity contribution in [2.45, 2.75) is 18.4 Å². The number of fused-ring (bicyclic) bond motifs is 1. The first-order valence-electron chi connectivity index (χ1n) is 12.1. The lowest BCUT2D eigenvalue weighted by Crippen LogP contribution is -2.51. The monoisotopic (exact) mass is 502 g/mol. The average molecular weight is 503 g/mol. The second-order valence-electron chi connectivity index (χ2n) is 9.23. The number of nitrogens with zero attached hydrogens (tertiary/aromatic N) is 5. The molecule has 10 nitrogen and oxygen atoms in total. The summed E-state index contributed by atoms with van der Waals surface area (Å²) in [6, 6.07) is 15.0. The molecule has 2 amide bonds. The van der Waals surface area contributed by atoms with E-state index in [1.54, 1.807) is 32.6 Å². The third-order valence-corrected chi connectivity index (χ3v) is 7.01. The fourth-order valence-electron chi connectivity index (χ4n) is 5.00. The zero-order valence-corrected chi connectivity index (χ0v) is 21.3. The fourth-order valence-corrected chi connectivity index (χ4v) is 5.00. The highest BCUT2D eigenvalue weighted by Gasteiger charge is 2.34. The molecule has 0 unspecified atom stereocenters. The van der Waals surface area contributed by atoms with Gasteiger partial charge in [0.1, 0.15) is 17.0 Å². The average Bonchev–Trinajstić information content (AvgIpc) is 3.50. The van der Waals surface area contributed by atoms with Crippen LogP contribution in [0.5, 0.6) is 11.6 Å². The van der Waals surface area contributed by atoms with Crippen LogP contribution in [-0.4, -0.2) is 69.4 Å². The van der Waals surface area contributed by atoms with Gasteiger partial charge in [-0.25, -0.2) is 4.98 Å². The molecule has 0 radical (unpaired) electrons. The second-order valence-corrected chi connectivity index (χ2v) is 9.23. The van der Waals surface area contributed by atoms with Crippen LogP contribution in [0, 0.1) is 0 Å². The van der Waals surface area contributed by atoms with Crippen LogP contribution in [0.2, 0.25) is 0 Å². The molecule has 2 aromatic heterocycles. The maximum Gasteiger partial charge on any atom is 0.269 e. The first kappa shape index (κ1) is 24.4. The Morgan fingerprint density at radius 3 is 2.54 bits per heavy atom. The molecule has 0 saturated carbocycles. The molecule has 1 fully saturated rings. The van der Waals surface area contributed by atoms with Gasteiger partial charge in [0.15, 0.2) is 0 Å². The number of carbonyl (C=O) groups excluding carboxylic acids is 2. The van der Waals surface area contributed by atoms with Gasteiger partial charge in [-0.2, -0.15) is 0 Å². The number of ether oxygens (including phenoxy) is 2. The van der Waals surface area contributed by atoms with Crippen LogP contribution in [0.15, 0.2) is 54.9 Å². The van der Waals surface area contributed by atoms with E-state index in [0.29, 0.717) is 42.4 Å². The lowest BCUT2D eigenvalue weighted by Gasteiger charge is -2.39. The summed E-state index contributed by atoms with van der Waals surface area (Å²) in [6.07, 6.45) is 2.32. The number of imidazole rings is 1. The Labute approximate surface area is 214 Å². The van der Waals surface area contributed by atoms with Crippen LogP contribution in [0.3, 0.4) is 0 Å². The van der Waals surface area contributed by atoms with Gasteiger partial charge in [0, 0.05) is 50.8 Å². The van der Waals surface area contributed by atoms with Crippen molar-refractivity contribution >= 4 is 22.8 Å². The summed E-state index contributed by atoms with van der Waals surface area (Å²) in [4.78, 5) is 33.1. The summed E-state index contributed by atoms with van der Waals surface area (Å²) in [7, 11) is 6.69. The Morgan fingerprint density at radius 1 is 1.05 bits per heavy atom. The molecule has 1 aliphatic heterocycles. The zero-order chi connectivity index (χ0) is 26.1. The van der Waals surface area contributed by atoms with Crippen LogP contribution in [-0.2, 0) is 14.1 Å². The molecule has 4 aromatic rings. The van der Waals surface area contributed by atoms with Crippen LogP contribution in [0.1, 0.15) is 38.7 Å². The molecule has 1 saturated heterocycles. The summed E-state index contributed by atoms with van der Waals surface area (Å²) < 4.78 is 14.1. The van der Waals surface area contributed by atoms with Crippen LogP contribution in [0.25, 0.3) is 11.0 Å². The third-order valence-electron chi connectivity index (χ3n) is 7.01. The number of methoxy groups -OCH3 is 2. The molecule has 2 atom stereocenters. The van der Waals surface area contributed by atoms with Gasteiger partial charge in [0.2, 0.25) is 5.88 Å². The quantitative estimate of drug-likeness (QED) is 0.435.